The average Bonchev–Trinajstić information content (AvgIpc) is 2.84. The molecule has 1 amide bonds. The van der Waals surface area contributed by atoms with Gasteiger partial charge in [0.05, 0.1) is 13.2 Å². The lowest BCUT2D eigenvalue weighted by molar-refractivity contribution is -0.350. The molecule has 0 unspecified atom stereocenters. The third-order valence-electron chi connectivity index (χ3n) is 6.34. The monoisotopic (exact) mass is 557 g/mol. The predicted molar refractivity (Wildman–Crippen MR) is 113 cm³/mol. The maximum absolute atomic E-state index is 12.0. The highest BCUT2D eigenvalue weighted by atomic mass is 16.7. The van der Waals surface area contributed by atoms with Crippen LogP contribution in [0, 0.1) is 0 Å². The van der Waals surface area contributed by atoms with Crippen LogP contribution in [0.25, 0.3) is 0 Å². The SMILES string of the molecule is CC(=O)N[C@H]1[C@H](O[C@H]2[C@H](O)[C@@H](O)CO[C@@H]2C(=O)O)O[C@H](CO)[C@@H](O)[C@@H]1O[C@@H]1O[C@H](C(=O)O)[C@@H](O)[C@H](O)[C@H]1O. The Morgan fingerprint density at radius 2 is 1.39 bits per heavy atom. The molecule has 14 atom stereocenters. The molecule has 218 valence electrons. The third-order valence-corrected chi connectivity index (χ3v) is 6.34. The van der Waals surface area contributed by atoms with Gasteiger partial charge in [0.1, 0.15) is 61.0 Å². The summed E-state index contributed by atoms with van der Waals surface area (Å²) in [6.07, 6.45) is -24.2. The maximum atomic E-state index is 12.0. The number of carboxylic acids is 2. The van der Waals surface area contributed by atoms with E-state index in [0.717, 1.165) is 6.92 Å². The van der Waals surface area contributed by atoms with Gasteiger partial charge in [-0.05, 0) is 0 Å². The Labute approximate surface area is 213 Å². The van der Waals surface area contributed by atoms with Crippen molar-refractivity contribution in [1.29, 1.82) is 0 Å². The van der Waals surface area contributed by atoms with E-state index in [2.05, 4.69) is 5.32 Å². The van der Waals surface area contributed by atoms with Gasteiger partial charge in [-0.3, -0.25) is 4.79 Å². The lowest BCUT2D eigenvalue weighted by Crippen LogP contribution is -2.69. The van der Waals surface area contributed by atoms with Crippen molar-refractivity contribution < 1.29 is 84.0 Å². The molecule has 3 heterocycles. The number of hydrogen-bond acceptors (Lipinski definition) is 15. The first kappa shape index (κ1) is 30.5. The minimum atomic E-state index is -2.07. The summed E-state index contributed by atoms with van der Waals surface area (Å²) in [7, 11) is 0. The van der Waals surface area contributed by atoms with Crippen LogP contribution in [0.3, 0.4) is 0 Å². The van der Waals surface area contributed by atoms with Gasteiger partial charge in [-0.15, -0.1) is 0 Å². The topological polar surface area (TPSA) is 291 Å². The van der Waals surface area contributed by atoms with Gasteiger partial charge >= 0.3 is 11.9 Å². The fourth-order valence-electron chi connectivity index (χ4n) is 4.37. The van der Waals surface area contributed by atoms with Gasteiger partial charge in [0.15, 0.2) is 24.8 Å². The summed E-state index contributed by atoms with van der Waals surface area (Å²) >= 11 is 0. The third kappa shape index (κ3) is 6.22. The largest absolute Gasteiger partial charge is 0.479 e. The van der Waals surface area contributed by atoms with Crippen LogP contribution in [-0.2, 0) is 38.1 Å². The van der Waals surface area contributed by atoms with Crippen LogP contribution in [-0.4, -0.2) is 163 Å². The highest BCUT2D eigenvalue weighted by Gasteiger charge is 2.54. The van der Waals surface area contributed by atoms with Crippen LogP contribution in [0.4, 0.5) is 0 Å². The van der Waals surface area contributed by atoms with Crippen LogP contribution in [0.5, 0.6) is 0 Å². The Morgan fingerprint density at radius 3 is 1.95 bits per heavy atom. The van der Waals surface area contributed by atoms with Crippen molar-refractivity contribution in [3.8, 4) is 0 Å². The van der Waals surface area contributed by atoms with Crippen LogP contribution >= 0.6 is 0 Å². The second-order valence-electron chi connectivity index (χ2n) is 9.03. The van der Waals surface area contributed by atoms with Crippen molar-refractivity contribution in [3.05, 3.63) is 0 Å². The number of ether oxygens (including phenoxy) is 5. The number of rotatable bonds is 8. The number of nitrogens with one attached hydrogen (secondary N) is 1. The molecule has 0 aromatic carbocycles. The van der Waals surface area contributed by atoms with E-state index in [4.69, 9.17) is 23.7 Å². The van der Waals surface area contributed by atoms with Crippen LogP contribution in [0.1, 0.15) is 6.92 Å². The molecule has 38 heavy (non-hydrogen) atoms. The molecule has 10 N–H and O–H groups in total. The molecule has 3 aliphatic heterocycles. The molecule has 0 aromatic rings. The number of aliphatic hydroxyl groups is 7. The second-order valence-corrected chi connectivity index (χ2v) is 9.03. The number of amides is 1. The van der Waals surface area contributed by atoms with E-state index in [1.54, 1.807) is 0 Å². The fraction of sp³-hybridized carbons (Fsp3) is 0.850. The summed E-state index contributed by atoms with van der Waals surface area (Å²) in [4.78, 5) is 35.1. The zero-order chi connectivity index (χ0) is 28.5. The van der Waals surface area contributed by atoms with Crippen molar-refractivity contribution >= 4 is 17.8 Å². The molecule has 0 aliphatic carbocycles. The number of aliphatic carboxylic acids is 2. The predicted octanol–water partition coefficient (Wildman–Crippen LogP) is -6.56. The Kier molecular flexibility index (Phi) is 9.95. The Bertz CT molecular complexity index is 859. The van der Waals surface area contributed by atoms with Crippen LogP contribution < -0.4 is 5.32 Å². The standard InChI is InChI=1S/C20H31NO17/c1-4(23)21-7-13(36-20-12(29)10(27)11(28)15(38-20)17(30)31)9(26)6(2-22)35-19(7)37-14-8(25)5(24)3-34-16(14)18(32)33/h5-16,19-20,22,24-29H,2-3H2,1H3,(H,21,23)(H,30,31)(H,32,33)/t5-,6+,7+,8+,9+,10-,11-,12+,13+,14-,15-,16-,19-,20+/m0/s1. The number of carbonyl (C=O) groups is 3. The minimum absolute atomic E-state index is 0.543. The van der Waals surface area contributed by atoms with Gasteiger partial charge < -0.3 is 75.0 Å². The van der Waals surface area contributed by atoms with Crippen molar-refractivity contribution in [2.45, 2.75) is 92.7 Å². The average molecular weight is 557 g/mol. The van der Waals surface area contributed by atoms with Gasteiger partial charge in [0.25, 0.3) is 0 Å². The molecule has 0 bridgehead atoms. The highest BCUT2D eigenvalue weighted by molar-refractivity contribution is 5.74. The number of aliphatic hydroxyl groups excluding tert-OH is 7. The maximum Gasteiger partial charge on any atom is 0.335 e. The lowest BCUT2D eigenvalue weighted by Gasteiger charge is -2.48. The van der Waals surface area contributed by atoms with E-state index >= 15 is 0 Å². The van der Waals surface area contributed by atoms with Gasteiger partial charge in [0.2, 0.25) is 5.91 Å². The van der Waals surface area contributed by atoms with Gasteiger partial charge in [0, 0.05) is 6.92 Å². The molecule has 0 radical (unpaired) electrons. The molecule has 18 nitrogen and oxygen atoms in total. The van der Waals surface area contributed by atoms with E-state index in [1.807, 2.05) is 0 Å². The summed E-state index contributed by atoms with van der Waals surface area (Å²) in [5.41, 5.74) is 0. The normalized spacial score (nSPS) is 45.8. The molecule has 3 saturated heterocycles. The second kappa shape index (κ2) is 12.4. The molecular weight excluding hydrogens is 526 g/mol. The van der Waals surface area contributed by atoms with E-state index in [1.165, 1.54) is 0 Å². The van der Waals surface area contributed by atoms with Crippen molar-refractivity contribution in [3.63, 3.8) is 0 Å². The fourth-order valence-corrected chi connectivity index (χ4v) is 4.37. The quantitative estimate of drug-likeness (QED) is 0.133. The smallest absolute Gasteiger partial charge is 0.335 e. The van der Waals surface area contributed by atoms with E-state index in [0.29, 0.717) is 0 Å². The van der Waals surface area contributed by atoms with Gasteiger partial charge in [-0.1, -0.05) is 0 Å². The van der Waals surface area contributed by atoms with Crippen molar-refractivity contribution in [2.75, 3.05) is 13.2 Å². The summed E-state index contributed by atoms with van der Waals surface area (Å²) in [6.45, 7) is -0.402. The minimum Gasteiger partial charge on any atom is -0.479 e. The zero-order valence-electron chi connectivity index (χ0n) is 19.8. The molecular formula is C20H31NO17. The van der Waals surface area contributed by atoms with Crippen molar-refractivity contribution in [1.82, 2.24) is 5.32 Å². The lowest BCUT2D eigenvalue weighted by atomic mass is 9.94. The van der Waals surface area contributed by atoms with Gasteiger partial charge in [-0.2, -0.15) is 0 Å². The Hall–Kier alpha value is -2.07. The van der Waals surface area contributed by atoms with Gasteiger partial charge in [-0.25, -0.2) is 9.59 Å². The molecule has 3 rings (SSSR count). The summed E-state index contributed by atoms with van der Waals surface area (Å²) in [5, 5.41) is 92.2. The molecule has 0 aromatic heterocycles. The van der Waals surface area contributed by atoms with Crippen LogP contribution in [0.15, 0.2) is 0 Å². The van der Waals surface area contributed by atoms with E-state index in [-0.39, 0.29) is 0 Å². The van der Waals surface area contributed by atoms with Crippen molar-refractivity contribution in [2.24, 2.45) is 0 Å². The first-order valence-corrected chi connectivity index (χ1v) is 11.4. The molecule has 0 spiro atoms. The molecule has 3 aliphatic rings. The summed E-state index contributed by atoms with van der Waals surface area (Å²) in [5.74, 6) is -4.07. The zero-order valence-corrected chi connectivity index (χ0v) is 19.8. The number of hydrogen-bond donors (Lipinski definition) is 10. The number of carbonyl (C=O) groups excluding carboxylic acids is 1. The molecule has 18 heteroatoms. The number of carboxylic acid groups (broad SMARTS) is 2. The van der Waals surface area contributed by atoms with E-state index < -0.39 is 117 Å². The summed E-state index contributed by atoms with van der Waals surface area (Å²) < 4.78 is 26.7. The van der Waals surface area contributed by atoms with Crippen LogP contribution in [0.2, 0.25) is 0 Å². The Balaban J connectivity index is 1.93. The first-order valence-electron chi connectivity index (χ1n) is 11.4. The first-order chi connectivity index (χ1) is 17.8. The highest BCUT2D eigenvalue weighted by Crippen LogP contribution is 2.32. The van der Waals surface area contributed by atoms with E-state index in [9.17, 15) is 60.3 Å². The molecule has 0 saturated carbocycles. The summed E-state index contributed by atoms with van der Waals surface area (Å²) in [6, 6.07) is -1.60. The Morgan fingerprint density at radius 1 is 0.789 bits per heavy atom. The molecule has 3 fully saturated rings.